The Morgan fingerprint density at radius 1 is 1.03 bits per heavy atom. The Hall–Kier alpha value is -2.44. The van der Waals surface area contributed by atoms with Crippen molar-refractivity contribution in [3.8, 4) is 0 Å². The zero-order valence-electron chi connectivity index (χ0n) is 17.2. The average molecular weight is 443 g/mol. The molecule has 0 aliphatic heterocycles. The first-order valence-corrected chi connectivity index (χ1v) is 12.1. The molecule has 3 aromatic rings. The summed E-state index contributed by atoms with van der Waals surface area (Å²) in [5.41, 5.74) is 0. The Bertz CT molecular complexity index is 1040. The second-order valence-electron chi connectivity index (χ2n) is 7.10. The molecule has 30 heavy (non-hydrogen) atoms. The van der Waals surface area contributed by atoms with Crippen LogP contribution < -0.4 is 0 Å². The van der Waals surface area contributed by atoms with Gasteiger partial charge in [-0.15, -0.1) is 0 Å². The van der Waals surface area contributed by atoms with Crippen LogP contribution in [-0.2, 0) is 21.0 Å². The van der Waals surface area contributed by atoms with E-state index in [0.717, 1.165) is 10.7 Å². The van der Waals surface area contributed by atoms with Crippen molar-refractivity contribution < 1.29 is 17.6 Å². The summed E-state index contributed by atoms with van der Waals surface area (Å²) in [6.45, 7) is 1.75. The number of sulfone groups is 1. The van der Waals surface area contributed by atoms with Gasteiger partial charge in [-0.3, -0.25) is 0 Å². The lowest BCUT2D eigenvalue weighted by Gasteiger charge is -2.31. The largest absolute Gasteiger partial charge is 0.499 e. The van der Waals surface area contributed by atoms with Gasteiger partial charge in [-0.25, -0.2) is 8.42 Å². The number of hydrogen-bond acceptors (Lipinski definition) is 5. The van der Waals surface area contributed by atoms with Crippen LogP contribution in [0.2, 0.25) is 0 Å². The monoisotopic (exact) mass is 442 g/mol. The lowest BCUT2D eigenvalue weighted by molar-refractivity contribution is 0.249. The molecule has 0 aliphatic carbocycles. The summed E-state index contributed by atoms with van der Waals surface area (Å²) >= 11 is 1.45. The van der Waals surface area contributed by atoms with Crippen molar-refractivity contribution in [2.45, 2.75) is 40.7 Å². The molecular weight excluding hydrogens is 416 g/mol. The van der Waals surface area contributed by atoms with Gasteiger partial charge in [0.25, 0.3) is 0 Å². The highest BCUT2D eigenvalue weighted by Gasteiger charge is 2.44. The van der Waals surface area contributed by atoms with Crippen molar-refractivity contribution in [1.29, 1.82) is 0 Å². The fraction of sp³-hybridized carbons (Fsp3) is 0.250. The number of rotatable bonds is 10. The van der Waals surface area contributed by atoms with Gasteiger partial charge in [-0.1, -0.05) is 48.2 Å². The van der Waals surface area contributed by atoms with Crippen LogP contribution in [0.25, 0.3) is 0 Å². The van der Waals surface area contributed by atoms with E-state index in [0.29, 0.717) is 25.0 Å². The van der Waals surface area contributed by atoms with Gasteiger partial charge in [0, 0.05) is 16.7 Å². The Balaban J connectivity index is 1.94. The summed E-state index contributed by atoms with van der Waals surface area (Å²) in [4.78, 5) is 1.31. The Labute approximate surface area is 182 Å². The number of aryl methyl sites for hydroxylation is 1. The summed E-state index contributed by atoms with van der Waals surface area (Å²) in [5, 5.41) is 1.81. The quantitative estimate of drug-likeness (QED) is 0.280. The minimum absolute atomic E-state index is 0.290. The predicted molar refractivity (Wildman–Crippen MR) is 121 cm³/mol. The summed E-state index contributed by atoms with van der Waals surface area (Å²) in [6.07, 6.45) is 3.34. The average Bonchev–Trinajstić information content (AvgIpc) is 3.29. The number of thioether (sulfide) groups is 1. The third-order valence-electron chi connectivity index (χ3n) is 5.09. The number of furan rings is 1. The molecule has 1 aromatic heterocycles. The third-order valence-corrected chi connectivity index (χ3v) is 8.45. The van der Waals surface area contributed by atoms with Crippen LogP contribution in [0.4, 0.5) is 0 Å². The van der Waals surface area contributed by atoms with Crippen LogP contribution in [0.1, 0.15) is 25.5 Å². The first-order valence-electron chi connectivity index (χ1n) is 9.76. The van der Waals surface area contributed by atoms with E-state index in [1.165, 1.54) is 18.9 Å². The molecule has 4 nitrogen and oxygen atoms in total. The highest BCUT2D eigenvalue weighted by atomic mass is 32.2. The van der Waals surface area contributed by atoms with Crippen molar-refractivity contribution in [1.82, 2.24) is 0 Å². The maximum atomic E-state index is 13.7. The Morgan fingerprint density at radius 3 is 2.30 bits per heavy atom. The minimum atomic E-state index is -3.69. The number of hydrogen-bond donors (Lipinski definition) is 0. The molecule has 0 bridgehead atoms. The van der Waals surface area contributed by atoms with Crippen LogP contribution in [0.3, 0.4) is 0 Å². The van der Waals surface area contributed by atoms with Gasteiger partial charge in [0.05, 0.1) is 18.3 Å². The molecule has 0 saturated carbocycles. The van der Waals surface area contributed by atoms with Gasteiger partial charge in [0.2, 0.25) is 0 Å². The highest BCUT2D eigenvalue weighted by molar-refractivity contribution is 8.02. The second kappa shape index (κ2) is 10.0. The molecule has 3 rings (SSSR count). The SMILES string of the molecule is CO/C(=C\Sc1ccccc1)C(C)(CCCc1ccco1)S(=O)(=O)c1ccccc1. The molecule has 1 heterocycles. The van der Waals surface area contributed by atoms with Crippen LogP contribution >= 0.6 is 11.8 Å². The molecule has 1 atom stereocenters. The van der Waals surface area contributed by atoms with E-state index < -0.39 is 14.6 Å². The van der Waals surface area contributed by atoms with Crippen LogP contribution in [0.5, 0.6) is 0 Å². The van der Waals surface area contributed by atoms with Crippen LogP contribution in [0, 0.1) is 0 Å². The molecule has 0 amide bonds. The lowest BCUT2D eigenvalue weighted by Crippen LogP contribution is -2.38. The van der Waals surface area contributed by atoms with Gasteiger partial charge in [0.1, 0.15) is 16.3 Å². The topological polar surface area (TPSA) is 56.5 Å². The third kappa shape index (κ3) is 4.99. The van der Waals surface area contributed by atoms with E-state index in [2.05, 4.69) is 0 Å². The van der Waals surface area contributed by atoms with Gasteiger partial charge in [-0.2, -0.15) is 0 Å². The number of methoxy groups -OCH3 is 1. The first kappa shape index (κ1) is 22.2. The van der Waals surface area contributed by atoms with E-state index >= 15 is 0 Å². The van der Waals surface area contributed by atoms with Gasteiger partial charge in [-0.05, 0) is 56.2 Å². The molecule has 158 valence electrons. The first-order chi connectivity index (χ1) is 14.5. The Morgan fingerprint density at radius 2 is 1.70 bits per heavy atom. The van der Waals surface area contributed by atoms with Crippen molar-refractivity contribution in [3.05, 3.63) is 96.0 Å². The summed E-state index contributed by atoms with van der Waals surface area (Å²) in [5.74, 6) is 1.27. The zero-order valence-corrected chi connectivity index (χ0v) is 18.8. The summed E-state index contributed by atoms with van der Waals surface area (Å²) < 4.78 is 37.3. The minimum Gasteiger partial charge on any atom is -0.499 e. The molecule has 1 unspecified atom stereocenters. The normalized spacial score (nSPS) is 14.3. The molecule has 6 heteroatoms. The molecule has 2 aromatic carbocycles. The number of ether oxygens (including phenoxy) is 1. The fourth-order valence-corrected chi connectivity index (χ4v) is 6.16. The predicted octanol–water partition coefficient (Wildman–Crippen LogP) is 6.12. The van der Waals surface area contributed by atoms with Crippen molar-refractivity contribution in [2.75, 3.05) is 7.11 Å². The van der Waals surface area contributed by atoms with Crippen LogP contribution in [-0.4, -0.2) is 20.3 Å². The van der Waals surface area contributed by atoms with Crippen LogP contribution in [0.15, 0.2) is 104 Å². The lowest BCUT2D eigenvalue weighted by atomic mass is 10.0. The molecule has 0 spiro atoms. The Kier molecular flexibility index (Phi) is 7.45. The summed E-state index contributed by atoms with van der Waals surface area (Å²) in [6, 6.07) is 22.1. The van der Waals surface area contributed by atoms with Gasteiger partial charge >= 0.3 is 0 Å². The molecule has 0 aliphatic rings. The van der Waals surface area contributed by atoms with Gasteiger partial charge < -0.3 is 9.15 Å². The maximum absolute atomic E-state index is 13.7. The molecule has 0 N–H and O–H groups in total. The standard InChI is InChI=1S/C24H26O4S2/c1-24(17-9-11-20-12-10-18-28-20,30(25,26)22-15-7-4-8-16-22)23(27-2)19-29-21-13-5-3-6-14-21/h3-8,10,12-16,18-19H,9,11,17H2,1-2H3/b23-19-. The highest BCUT2D eigenvalue weighted by Crippen LogP contribution is 2.39. The van der Waals surface area contributed by atoms with E-state index in [9.17, 15) is 8.42 Å². The zero-order chi connectivity index (χ0) is 21.5. The van der Waals surface area contributed by atoms with E-state index in [-0.39, 0.29) is 4.90 Å². The number of benzene rings is 2. The maximum Gasteiger partial charge on any atom is 0.191 e. The van der Waals surface area contributed by atoms with E-state index in [1.54, 1.807) is 37.5 Å². The molecule has 0 fully saturated rings. The second-order valence-corrected chi connectivity index (χ2v) is 10.4. The van der Waals surface area contributed by atoms with E-state index in [4.69, 9.17) is 9.15 Å². The molecular formula is C24H26O4S2. The van der Waals surface area contributed by atoms with Gasteiger partial charge in [0.15, 0.2) is 9.84 Å². The summed E-state index contributed by atoms with van der Waals surface area (Å²) in [7, 11) is -2.16. The van der Waals surface area contributed by atoms with Crippen molar-refractivity contribution in [2.24, 2.45) is 0 Å². The molecule has 0 radical (unpaired) electrons. The fourth-order valence-electron chi connectivity index (χ4n) is 3.31. The van der Waals surface area contributed by atoms with E-state index in [1.807, 2.05) is 53.9 Å². The van der Waals surface area contributed by atoms with Crippen molar-refractivity contribution in [3.63, 3.8) is 0 Å². The molecule has 0 saturated heterocycles. The smallest absolute Gasteiger partial charge is 0.191 e. The van der Waals surface area contributed by atoms with Crippen molar-refractivity contribution >= 4 is 21.6 Å².